The molecule has 0 spiro atoms. The van der Waals surface area contributed by atoms with Crippen LogP contribution in [0.1, 0.15) is 23.2 Å². The van der Waals surface area contributed by atoms with Gasteiger partial charge in [-0.3, -0.25) is 14.9 Å². The van der Waals surface area contributed by atoms with Crippen molar-refractivity contribution in [1.29, 1.82) is 0 Å². The molecule has 9 heteroatoms. The Morgan fingerprint density at radius 2 is 2.17 bits per heavy atom. The average Bonchev–Trinajstić information content (AvgIpc) is 3.17. The van der Waals surface area contributed by atoms with Gasteiger partial charge in [0.25, 0.3) is 5.91 Å². The van der Waals surface area contributed by atoms with Gasteiger partial charge < -0.3 is 13.9 Å². The molecule has 0 aliphatic heterocycles. The standard InChI is InChI=1S/C14H14N2O6S/c1-2-20-12(18)6-9-8-23-14(15-9)16-11(17)7-22-13(19)10-4-3-5-21-10/h3-5,8H,2,6-7H2,1H3,(H,15,16,17). The summed E-state index contributed by atoms with van der Waals surface area (Å²) in [5, 5.41) is 4.43. The van der Waals surface area contributed by atoms with Crippen LogP contribution in [0.25, 0.3) is 0 Å². The number of hydrogen-bond donors (Lipinski definition) is 1. The molecule has 122 valence electrons. The Bertz CT molecular complexity index is 679. The second-order valence-corrected chi connectivity index (χ2v) is 5.09. The highest BCUT2D eigenvalue weighted by Crippen LogP contribution is 2.16. The number of carbonyl (C=O) groups excluding carboxylic acids is 3. The van der Waals surface area contributed by atoms with Crippen molar-refractivity contribution in [3.63, 3.8) is 0 Å². The zero-order valence-corrected chi connectivity index (χ0v) is 13.1. The number of anilines is 1. The number of nitrogens with one attached hydrogen (secondary N) is 1. The molecule has 0 radical (unpaired) electrons. The van der Waals surface area contributed by atoms with Gasteiger partial charge in [-0.15, -0.1) is 11.3 Å². The third kappa shape index (κ3) is 5.22. The maximum Gasteiger partial charge on any atom is 0.374 e. The van der Waals surface area contributed by atoms with E-state index in [1.807, 2.05) is 0 Å². The molecule has 0 atom stereocenters. The lowest BCUT2D eigenvalue weighted by atomic mass is 10.3. The largest absolute Gasteiger partial charge is 0.466 e. The minimum atomic E-state index is -0.729. The number of aromatic nitrogens is 1. The lowest BCUT2D eigenvalue weighted by molar-refractivity contribution is -0.142. The van der Waals surface area contributed by atoms with E-state index in [0.717, 1.165) is 11.3 Å². The molecule has 23 heavy (non-hydrogen) atoms. The van der Waals surface area contributed by atoms with Crippen LogP contribution in [-0.2, 0) is 25.5 Å². The van der Waals surface area contributed by atoms with Crippen molar-refractivity contribution in [2.45, 2.75) is 13.3 Å². The zero-order valence-electron chi connectivity index (χ0n) is 12.2. The van der Waals surface area contributed by atoms with E-state index in [0.29, 0.717) is 17.4 Å². The van der Waals surface area contributed by atoms with Crippen molar-refractivity contribution < 1.29 is 28.3 Å². The van der Waals surface area contributed by atoms with Crippen LogP contribution in [0.2, 0.25) is 0 Å². The van der Waals surface area contributed by atoms with Gasteiger partial charge in [-0.2, -0.15) is 0 Å². The van der Waals surface area contributed by atoms with E-state index in [9.17, 15) is 14.4 Å². The van der Waals surface area contributed by atoms with Gasteiger partial charge in [0.05, 0.1) is 25.0 Å². The SMILES string of the molecule is CCOC(=O)Cc1csc(NC(=O)COC(=O)c2ccco2)n1. The summed E-state index contributed by atoms with van der Waals surface area (Å²) in [6.45, 7) is 1.55. The molecule has 1 amide bonds. The molecule has 2 aromatic heterocycles. The van der Waals surface area contributed by atoms with Crippen molar-refractivity contribution in [1.82, 2.24) is 4.98 Å². The Labute approximate surface area is 135 Å². The molecule has 0 saturated carbocycles. The molecule has 2 rings (SSSR count). The molecule has 0 aliphatic rings. The number of rotatable bonds is 7. The van der Waals surface area contributed by atoms with Crippen molar-refractivity contribution in [3.8, 4) is 0 Å². The number of carbonyl (C=O) groups is 3. The van der Waals surface area contributed by atoms with Crippen molar-refractivity contribution in [2.24, 2.45) is 0 Å². The van der Waals surface area contributed by atoms with Crippen LogP contribution in [0.15, 0.2) is 28.2 Å². The minimum absolute atomic E-state index is 0.0174. The summed E-state index contributed by atoms with van der Waals surface area (Å²) in [4.78, 5) is 38.6. The van der Waals surface area contributed by atoms with Gasteiger partial charge >= 0.3 is 11.9 Å². The smallest absolute Gasteiger partial charge is 0.374 e. The van der Waals surface area contributed by atoms with E-state index in [4.69, 9.17) is 13.9 Å². The molecule has 2 heterocycles. The maximum atomic E-state index is 11.7. The van der Waals surface area contributed by atoms with E-state index in [1.165, 1.54) is 18.4 Å². The highest BCUT2D eigenvalue weighted by molar-refractivity contribution is 7.13. The Morgan fingerprint density at radius 3 is 2.87 bits per heavy atom. The Morgan fingerprint density at radius 1 is 1.35 bits per heavy atom. The third-order valence-corrected chi connectivity index (χ3v) is 3.29. The fourth-order valence-electron chi connectivity index (χ4n) is 1.56. The summed E-state index contributed by atoms with van der Waals surface area (Å²) in [5.74, 6) is -1.64. The van der Waals surface area contributed by atoms with E-state index < -0.39 is 18.5 Å². The zero-order chi connectivity index (χ0) is 16.7. The van der Waals surface area contributed by atoms with Gasteiger partial charge in [-0.05, 0) is 19.1 Å². The van der Waals surface area contributed by atoms with Gasteiger partial charge in [0, 0.05) is 5.38 Å². The second-order valence-electron chi connectivity index (χ2n) is 4.23. The second kappa shape index (κ2) is 8.08. The number of hydrogen-bond acceptors (Lipinski definition) is 8. The molecule has 2 aromatic rings. The number of ether oxygens (including phenoxy) is 2. The first-order valence-corrected chi connectivity index (χ1v) is 7.57. The summed E-state index contributed by atoms with van der Waals surface area (Å²) in [5.41, 5.74) is 0.497. The molecule has 0 saturated heterocycles. The third-order valence-electron chi connectivity index (χ3n) is 2.49. The van der Waals surface area contributed by atoms with Crippen LogP contribution in [0.4, 0.5) is 5.13 Å². The van der Waals surface area contributed by atoms with Crippen LogP contribution in [0, 0.1) is 0 Å². The van der Waals surface area contributed by atoms with Gasteiger partial charge in [0.2, 0.25) is 5.76 Å². The minimum Gasteiger partial charge on any atom is -0.466 e. The topological polar surface area (TPSA) is 108 Å². The van der Waals surface area contributed by atoms with Gasteiger partial charge in [-0.1, -0.05) is 0 Å². The van der Waals surface area contributed by atoms with Crippen LogP contribution in [-0.4, -0.2) is 36.0 Å². The summed E-state index contributed by atoms with van der Waals surface area (Å²) >= 11 is 1.16. The normalized spacial score (nSPS) is 10.1. The lowest BCUT2D eigenvalue weighted by Gasteiger charge is -2.02. The molecule has 0 fully saturated rings. The van der Waals surface area contributed by atoms with Crippen LogP contribution in [0.5, 0.6) is 0 Å². The first-order chi connectivity index (χ1) is 11.1. The predicted molar refractivity (Wildman–Crippen MR) is 80.1 cm³/mol. The number of amides is 1. The summed E-state index contributed by atoms with van der Waals surface area (Å²) in [7, 11) is 0. The van der Waals surface area contributed by atoms with Crippen molar-refractivity contribution in [3.05, 3.63) is 35.2 Å². The van der Waals surface area contributed by atoms with Crippen molar-refractivity contribution in [2.75, 3.05) is 18.5 Å². The predicted octanol–water partition coefficient (Wildman–Crippen LogP) is 1.64. The first-order valence-electron chi connectivity index (χ1n) is 6.69. The molecule has 0 aliphatic carbocycles. The van der Waals surface area contributed by atoms with E-state index in [1.54, 1.807) is 12.3 Å². The highest BCUT2D eigenvalue weighted by Gasteiger charge is 2.14. The molecule has 1 N–H and O–H groups in total. The monoisotopic (exact) mass is 338 g/mol. The maximum absolute atomic E-state index is 11.7. The molecule has 0 bridgehead atoms. The highest BCUT2D eigenvalue weighted by atomic mass is 32.1. The van der Waals surface area contributed by atoms with Crippen LogP contribution in [0.3, 0.4) is 0 Å². The number of esters is 2. The lowest BCUT2D eigenvalue weighted by Crippen LogP contribution is -2.20. The van der Waals surface area contributed by atoms with Crippen LogP contribution >= 0.6 is 11.3 Å². The van der Waals surface area contributed by atoms with E-state index in [-0.39, 0.29) is 18.2 Å². The molecular formula is C14H14N2O6S. The molecular weight excluding hydrogens is 324 g/mol. The van der Waals surface area contributed by atoms with E-state index in [2.05, 4.69) is 10.3 Å². The number of nitrogens with zero attached hydrogens (tertiary/aromatic N) is 1. The Hall–Kier alpha value is -2.68. The van der Waals surface area contributed by atoms with Gasteiger partial charge in [0.1, 0.15) is 0 Å². The quantitative estimate of drug-likeness (QED) is 0.764. The molecule has 0 aromatic carbocycles. The first kappa shape index (κ1) is 16.7. The Balaban J connectivity index is 1.78. The fourth-order valence-corrected chi connectivity index (χ4v) is 2.28. The molecule has 0 unspecified atom stereocenters. The van der Waals surface area contributed by atoms with Crippen LogP contribution < -0.4 is 5.32 Å². The van der Waals surface area contributed by atoms with Crippen molar-refractivity contribution >= 4 is 34.3 Å². The average molecular weight is 338 g/mol. The summed E-state index contributed by atoms with van der Waals surface area (Å²) in [6, 6.07) is 2.97. The van der Waals surface area contributed by atoms with Gasteiger partial charge in [-0.25, -0.2) is 9.78 Å². The summed E-state index contributed by atoms with van der Waals surface area (Å²) in [6.07, 6.45) is 1.37. The fraction of sp³-hybridized carbons (Fsp3) is 0.286. The Kier molecular flexibility index (Phi) is 5.87. The number of thiazole rings is 1. The van der Waals surface area contributed by atoms with E-state index >= 15 is 0 Å². The summed E-state index contributed by atoms with van der Waals surface area (Å²) < 4.78 is 14.4. The van der Waals surface area contributed by atoms with Gasteiger partial charge in [0.15, 0.2) is 11.7 Å². The molecule has 8 nitrogen and oxygen atoms in total. The number of furan rings is 1.